The SMILES string of the molecule is CNc1cccc2c(N3CCCC(C)C3)nccc12. The molecule has 2 aromatic rings. The van der Waals surface area contributed by atoms with Crippen LogP contribution >= 0.6 is 0 Å². The van der Waals surface area contributed by atoms with E-state index < -0.39 is 0 Å². The molecule has 0 spiro atoms. The summed E-state index contributed by atoms with van der Waals surface area (Å²) in [6.07, 6.45) is 4.53. The van der Waals surface area contributed by atoms with Crippen LogP contribution in [-0.4, -0.2) is 25.1 Å². The number of hydrogen-bond acceptors (Lipinski definition) is 3. The normalized spacial score (nSPS) is 19.7. The molecule has 1 aliphatic rings. The molecule has 100 valence electrons. The molecule has 0 bridgehead atoms. The highest BCUT2D eigenvalue weighted by Crippen LogP contribution is 2.31. The van der Waals surface area contributed by atoms with Crippen LogP contribution in [0, 0.1) is 5.92 Å². The van der Waals surface area contributed by atoms with Crippen molar-refractivity contribution in [1.29, 1.82) is 0 Å². The van der Waals surface area contributed by atoms with E-state index >= 15 is 0 Å². The summed E-state index contributed by atoms with van der Waals surface area (Å²) in [5.41, 5.74) is 1.17. The monoisotopic (exact) mass is 255 g/mol. The third-order valence-electron chi connectivity index (χ3n) is 4.01. The molecule has 0 amide bonds. The number of nitrogens with zero attached hydrogens (tertiary/aromatic N) is 2. The Bertz CT molecular complexity index is 579. The predicted molar refractivity (Wildman–Crippen MR) is 81.9 cm³/mol. The van der Waals surface area contributed by atoms with Crippen molar-refractivity contribution in [1.82, 2.24) is 4.98 Å². The van der Waals surface area contributed by atoms with Crippen molar-refractivity contribution in [2.24, 2.45) is 5.92 Å². The second-order valence-corrected chi connectivity index (χ2v) is 5.48. The Hall–Kier alpha value is -1.77. The van der Waals surface area contributed by atoms with Crippen LogP contribution < -0.4 is 10.2 Å². The highest BCUT2D eigenvalue weighted by Gasteiger charge is 2.19. The Labute approximate surface area is 114 Å². The maximum atomic E-state index is 4.64. The summed E-state index contributed by atoms with van der Waals surface area (Å²) in [5, 5.41) is 5.77. The van der Waals surface area contributed by atoms with Gasteiger partial charge in [-0.15, -0.1) is 0 Å². The Morgan fingerprint density at radius 2 is 2.16 bits per heavy atom. The van der Waals surface area contributed by atoms with Gasteiger partial charge in [0.1, 0.15) is 5.82 Å². The van der Waals surface area contributed by atoms with Crippen LogP contribution in [0.2, 0.25) is 0 Å². The van der Waals surface area contributed by atoms with Gasteiger partial charge in [0.15, 0.2) is 0 Å². The molecule has 2 heterocycles. The molecule has 19 heavy (non-hydrogen) atoms. The van der Waals surface area contributed by atoms with Crippen molar-refractivity contribution in [3.8, 4) is 0 Å². The number of piperidine rings is 1. The van der Waals surface area contributed by atoms with Crippen molar-refractivity contribution < 1.29 is 0 Å². The van der Waals surface area contributed by atoms with Crippen LogP contribution in [0.25, 0.3) is 10.8 Å². The second-order valence-electron chi connectivity index (χ2n) is 5.48. The van der Waals surface area contributed by atoms with Gasteiger partial charge in [0.25, 0.3) is 0 Å². The fourth-order valence-electron chi connectivity index (χ4n) is 3.04. The molecule has 1 aliphatic heterocycles. The topological polar surface area (TPSA) is 28.2 Å². The number of fused-ring (bicyclic) bond motifs is 1. The molecule has 1 aromatic carbocycles. The lowest BCUT2D eigenvalue weighted by molar-refractivity contribution is 0.445. The van der Waals surface area contributed by atoms with Gasteiger partial charge in [0.2, 0.25) is 0 Å². The number of anilines is 2. The van der Waals surface area contributed by atoms with Gasteiger partial charge in [-0.3, -0.25) is 0 Å². The molecule has 1 unspecified atom stereocenters. The predicted octanol–water partition coefficient (Wildman–Crippen LogP) is 3.51. The summed E-state index contributed by atoms with van der Waals surface area (Å²) in [6.45, 7) is 4.58. The Kier molecular flexibility index (Phi) is 3.28. The van der Waals surface area contributed by atoms with Crippen molar-refractivity contribution in [2.75, 3.05) is 30.4 Å². The van der Waals surface area contributed by atoms with E-state index in [0.717, 1.165) is 24.8 Å². The van der Waals surface area contributed by atoms with Gasteiger partial charge in [0.05, 0.1) is 0 Å². The maximum absolute atomic E-state index is 4.64. The molecule has 1 aromatic heterocycles. The van der Waals surface area contributed by atoms with Gasteiger partial charge in [-0.05, 0) is 30.9 Å². The van der Waals surface area contributed by atoms with E-state index in [9.17, 15) is 0 Å². The van der Waals surface area contributed by atoms with Crippen LogP contribution in [-0.2, 0) is 0 Å². The molecule has 3 nitrogen and oxygen atoms in total. The number of benzene rings is 1. The van der Waals surface area contributed by atoms with Gasteiger partial charge in [-0.2, -0.15) is 0 Å². The van der Waals surface area contributed by atoms with Gasteiger partial charge >= 0.3 is 0 Å². The van der Waals surface area contributed by atoms with Crippen molar-refractivity contribution >= 4 is 22.3 Å². The largest absolute Gasteiger partial charge is 0.388 e. The summed E-state index contributed by atoms with van der Waals surface area (Å²) < 4.78 is 0. The summed E-state index contributed by atoms with van der Waals surface area (Å²) in [4.78, 5) is 7.08. The van der Waals surface area contributed by atoms with E-state index in [0.29, 0.717) is 0 Å². The average molecular weight is 255 g/mol. The highest BCUT2D eigenvalue weighted by molar-refractivity contribution is 6.00. The second kappa shape index (κ2) is 5.08. The fraction of sp³-hybridized carbons (Fsp3) is 0.438. The minimum Gasteiger partial charge on any atom is -0.388 e. The number of nitrogens with one attached hydrogen (secondary N) is 1. The van der Waals surface area contributed by atoms with Gasteiger partial charge in [-0.1, -0.05) is 19.1 Å². The molecule has 1 saturated heterocycles. The Morgan fingerprint density at radius 3 is 2.95 bits per heavy atom. The molecule has 3 rings (SSSR count). The van der Waals surface area contributed by atoms with E-state index in [-0.39, 0.29) is 0 Å². The van der Waals surface area contributed by atoms with E-state index in [1.807, 2.05) is 13.2 Å². The molecule has 1 atom stereocenters. The molecule has 3 heteroatoms. The number of hydrogen-bond donors (Lipinski definition) is 1. The van der Waals surface area contributed by atoms with Crippen molar-refractivity contribution in [3.63, 3.8) is 0 Å². The summed E-state index contributed by atoms with van der Waals surface area (Å²) >= 11 is 0. The average Bonchev–Trinajstić information content (AvgIpc) is 2.46. The third-order valence-corrected chi connectivity index (χ3v) is 4.01. The lowest BCUT2D eigenvalue weighted by atomic mass is 9.99. The smallest absolute Gasteiger partial charge is 0.136 e. The van der Waals surface area contributed by atoms with Gasteiger partial charge < -0.3 is 10.2 Å². The standard InChI is InChI=1S/C16H21N3/c1-12-5-4-10-19(11-12)16-14-6-3-7-15(17-2)13(14)8-9-18-16/h3,6-9,12,17H,4-5,10-11H2,1-2H3. The first kappa shape index (κ1) is 12.3. The maximum Gasteiger partial charge on any atom is 0.136 e. The summed E-state index contributed by atoms with van der Waals surface area (Å²) in [5.74, 6) is 1.90. The zero-order valence-corrected chi connectivity index (χ0v) is 11.7. The van der Waals surface area contributed by atoms with Crippen LogP contribution in [0.1, 0.15) is 19.8 Å². The molecular weight excluding hydrogens is 234 g/mol. The van der Waals surface area contributed by atoms with Crippen LogP contribution in [0.4, 0.5) is 11.5 Å². The fourth-order valence-corrected chi connectivity index (χ4v) is 3.04. The molecule has 0 saturated carbocycles. The minimum atomic E-state index is 0.762. The Balaban J connectivity index is 2.08. The quantitative estimate of drug-likeness (QED) is 0.890. The van der Waals surface area contributed by atoms with Crippen LogP contribution in [0.15, 0.2) is 30.5 Å². The first-order valence-corrected chi connectivity index (χ1v) is 7.10. The molecule has 1 fully saturated rings. The summed E-state index contributed by atoms with van der Waals surface area (Å²) in [6, 6.07) is 8.49. The van der Waals surface area contributed by atoms with Crippen molar-refractivity contribution in [2.45, 2.75) is 19.8 Å². The number of aromatic nitrogens is 1. The minimum absolute atomic E-state index is 0.762. The van der Waals surface area contributed by atoms with Crippen molar-refractivity contribution in [3.05, 3.63) is 30.5 Å². The first-order valence-electron chi connectivity index (χ1n) is 7.10. The lowest BCUT2D eigenvalue weighted by Crippen LogP contribution is -2.34. The first-order chi connectivity index (χ1) is 9.29. The zero-order chi connectivity index (χ0) is 13.2. The zero-order valence-electron chi connectivity index (χ0n) is 11.7. The van der Waals surface area contributed by atoms with E-state index in [1.165, 1.54) is 29.3 Å². The molecular formula is C16H21N3. The molecule has 1 N–H and O–H groups in total. The lowest BCUT2D eigenvalue weighted by Gasteiger charge is -2.32. The van der Waals surface area contributed by atoms with Crippen LogP contribution in [0.5, 0.6) is 0 Å². The van der Waals surface area contributed by atoms with E-state index in [4.69, 9.17) is 0 Å². The number of pyridine rings is 1. The Morgan fingerprint density at radius 1 is 1.26 bits per heavy atom. The number of rotatable bonds is 2. The van der Waals surface area contributed by atoms with Gasteiger partial charge in [0, 0.05) is 42.8 Å². The van der Waals surface area contributed by atoms with Gasteiger partial charge in [-0.25, -0.2) is 4.98 Å². The highest BCUT2D eigenvalue weighted by atomic mass is 15.2. The van der Waals surface area contributed by atoms with E-state index in [2.05, 4.69) is 46.4 Å². The van der Waals surface area contributed by atoms with E-state index in [1.54, 1.807) is 0 Å². The third kappa shape index (κ3) is 2.25. The van der Waals surface area contributed by atoms with Crippen LogP contribution in [0.3, 0.4) is 0 Å². The molecule has 0 radical (unpaired) electrons. The molecule has 0 aliphatic carbocycles. The summed E-state index contributed by atoms with van der Waals surface area (Å²) in [7, 11) is 1.97.